The van der Waals surface area contributed by atoms with Crippen LogP contribution in [0.4, 0.5) is 0 Å². The Kier molecular flexibility index (Phi) is 6.31. The van der Waals surface area contributed by atoms with E-state index in [2.05, 4.69) is 0 Å². The molecular formula is C6H7BClKO2. The van der Waals surface area contributed by atoms with Crippen LogP contribution in [0.25, 0.3) is 0 Å². The van der Waals surface area contributed by atoms with Gasteiger partial charge in [0.15, 0.2) is 0 Å². The van der Waals surface area contributed by atoms with Gasteiger partial charge in [0.25, 0.3) is 0 Å². The molecule has 0 bridgehead atoms. The summed E-state index contributed by atoms with van der Waals surface area (Å²) in [6.45, 7) is 0. The van der Waals surface area contributed by atoms with Crippen molar-refractivity contribution in [3.63, 3.8) is 0 Å². The molecule has 11 heavy (non-hydrogen) atoms. The number of benzene rings is 1. The Labute approximate surface area is 115 Å². The maximum absolute atomic E-state index is 8.63. The van der Waals surface area contributed by atoms with Crippen molar-refractivity contribution >= 4 is 24.2 Å². The predicted octanol–water partition coefficient (Wildman–Crippen LogP) is -2.86. The van der Waals surface area contributed by atoms with Crippen LogP contribution in [-0.2, 0) is 0 Å². The van der Waals surface area contributed by atoms with Crippen LogP contribution in [0.5, 0.6) is 0 Å². The van der Waals surface area contributed by atoms with Gasteiger partial charge in [0.05, 0.1) is 0 Å². The number of rotatable bonds is 1. The monoisotopic (exact) mass is 196 g/mol. The van der Waals surface area contributed by atoms with Gasteiger partial charge in [0.2, 0.25) is 0 Å². The molecule has 1 aromatic rings. The van der Waals surface area contributed by atoms with E-state index in [9.17, 15) is 0 Å². The second kappa shape index (κ2) is 5.72. The topological polar surface area (TPSA) is 40.5 Å². The van der Waals surface area contributed by atoms with Crippen LogP contribution in [0.1, 0.15) is 1.43 Å². The third-order valence-electron chi connectivity index (χ3n) is 1.17. The van der Waals surface area contributed by atoms with Gasteiger partial charge in [0, 0.05) is 5.02 Å². The van der Waals surface area contributed by atoms with E-state index < -0.39 is 7.12 Å². The first kappa shape index (κ1) is 12.1. The van der Waals surface area contributed by atoms with Crippen LogP contribution >= 0.6 is 11.6 Å². The summed E-state index contributed by atoms with van der Waals surface area (Å²) >= 11 is 5.55. The van der Waals surface area contributed by atoms with Gasteiger partial charge < -0.3 is 11.5 Å². The quantitative estimate of drug-likeness (QED) is 0.475. The van der Waals surface area contributed by atoms with E-state index >= 15 is 0 Å². The van der Waals surface area contributed by atoms with Crippen LogP contribution in [0.15, 0.2) is 24.3 Å². The molecule has 0 unspecified atom stereocenters. The number of halogens is 1. The molecule has 1 rings (SSSR count). The summed E-state index contributed by atoms with van der Waals surface area (Å²) in [5, 5.41) is 17.8. The van der Waals surface area contributed by atoms with E-state index in [1.807, 2.05) is 0 Å². The van der Waals surface area contributed by atoms with Crippen molar-refractivity contribution in [3.05, 3.63) is 29.3 Å². The smallest absolute Gasteiger partial charge is 1.00 e. The number of hydrogen-bond donors (Lipinski definition) is 2. The first-order valence-corrected chi connectivity index (χ1v) is 3.19. The van der Waals surface area contributed by atoms with Crippen LogP contribution in [-0.4, -0.2) is 17.2 Å². The Morgan fingerprint density at radius 2 is 1.64 bits per heavy atom. The molecule has 2 nitrogen and oxygen atoms in total. The third-order valence-corrected chi connectivity index (χ3v) is 1.42. The summed E-state index contributed by atoms with van der Waals surface area (Å²) in [4.78, 5) is 0. The van der Waals surface area contributed by atoms with Gasteiger partial charge in [-0.3, -0.25) is 0 Å². The Morgan fingerprint density at radius 1 is 1.18 bits per heavy atom. The minimum atomic E-state index is -1.41. The normalized spacial score (nSPS) is 8.64. The van der Waals surface area contributed by atoms with E-state index in [1.54, 1.807) is 24.3 Å². The summed E-state index contributed by atoms with van der Waals surface area (Å²) < 4.78 is 0. The fourth-order valence-corrected chi connectivity index (χ4v) is 0.761. The van der Waals surface area contributed by atoms with Crippen LogP contribution in [0.2, 0.25) is 5.02 Å². The summed E-state index contributed by atoms with van der Waals surface area (Å²) in [5.74, 6) is 0. The van der Waals surface area contributed by atoms with Gasteiger partial charge in [-0.1, -0.05) is 23.7 Å². The Morgan fingerprint density at radius 3 is 2.00 bits per heavy atom. The molecule has 0 saturated carbocycles. The molecule has 0 aromatic heterocycles. The third kappa shape index (κ3) is 4.05. The molecule has 1 aromatic carbocycles. The minimum absolute atomic E-state index is 0. The first-order valence-electron chi connectivity index (χ1n) is 2.82. The van der Waals surface area contributed by atoms with E-state index in [1.165, 1.54) is 0 Å². The van der Waals surface area contributed by atoms with Crippen molar-refractivity contribution in [1.29, 1.82) is 0 Å². The van der Waals surface area contributed by atoms with Gasteiger partial charge in [-0.2, -0.15) is 0 Å². The van der Waals surface area contributed by atoms with Gasteiger partial charge in [-0.05, 0) is 17.6 Å². The molecule has 0 spiro atoms. The average Bonchev–Trinajstić information content (AvgIpc) is 1.88. The Bertz CT molecular complexity index is 219. The van der Waals surface area contributed by atoms with Crippen LogP contribution in [0, 0.1) is 0 Å². The summed E-state index contributed by atoms with van der Waals surface area (Å²) in [6.07, 6.45) is 0. The molecule has 0 aliphatic rings. The fraction of sp³-hybridized carbons (Fsp3) is 0. The molecule has 2 N–H and O–H groups in total. The van der Waals surface area contributed by atoms with Crippen molar-refractivity contribution in [3.8, 4) is 0 Å². The molecule has 0 saturated heterocycles. The van der Waals surface area contributed by atoms with Crippen molar-refractivity contribution in [1.82, 2.24) is 0 Å². The van der Waals surface area contributed by atoms with Crippen molar-refractivity contribution in [2.24, 2.45) is 0 Å². The Balaban J connectivity index is 0. The predicted molar refractivity (Wildman–Crippen MR) is 42.4 cm³/mol. The van der Waals surface area contributed by atoms with Gasteiger partial charge >= 0.3 is 58.5 Å². The molecule has 0 amide bonds. The van der Waals surface area contributed by atoms with Crippen molar-refractivity contribution in [2.45, 2.75) is 0 Å². The van der Waals surface area contributed by atoms with Crippen LogP contribution in [0.3, 0.4) is 0 Å². The van der Waals surface area contributed by atoms with Gasteiger partial charge in [-0.25, -0.2) is 0 Å². The van der Waals surface area contributed by atoms with E-state index in [-0.39, 0.29) is 52.8 Å². The van der Waals surface area contributed by atoms with E-state index in [0.717, 1.165) is 0 Å². The van der Waals surface area contributed by atoms with Gasteiger partial charge in [0.1, 0.15) is 0 Å². The molecule has 0 heterocycles. The zero-order valence-electron chi connectivity index (χ0n) is 7.16. The fourth-order valence-electron chi connectivity index (χ4n) is 0.635. The standard InChI is InChI=1S/C6H6BClO2.K.H/c8-6-3-1-5(2-4-6)7(9)10;;/h1-4,9-10H;;/q;+1;-1. The summed E-state index contributed by atoms with van der Waals surface area (Å²) in [7, 11) is -1.41. The Hall–Kier alpha value is 1.13. The summed E-state index contributed by atoms with van der Waals surface area (Å²) in [6, 6.07) is 6.34. The first-order chi connectivity index (χ1) is 4.70. The SMILES string of the molecule is OB(O)c1ccc(Cl)cc1.[H-].[K+]. The molecule has 0 fully saturated rings. The van der Waals surface area contributed by atoms with Crippen LogP contribution < -0.4 is 56.8 Å². The zero-order valence-corrected chi connectivity index (χ0v) is 10.0. The van der Waals surface area contributed by atoms with Crippen molar-refractivity contribution in [2.75, 3.05) is 0 Å². The maximum atomic E-state index is 8.63. The molecule has 0 radical (unpaired) electrons. The van der Waals surface area contributed by atoms with Crippen molar-refractivity contribution < 1.29 is 62.9 Å². The average molecular weight is 196 g/mol. The second-order valence-corrected chi connectivity index (χ2v) is 2.36. The van der Waals surface area contributed by atoms with Gasteiger partial charge in [-0.15, -0.1) is 0 Å². The molecule has 0 aliphatic heterocycles. The van der Waals surface area contributed by atoms with E-state index in [0.29, 0.717) is 10.5 Å². The zero-order chi connectivity index (χ0) is 7.56. The molecule has 0 aliphatic carbocycles. The second-order valence-electron chi connectivity index (χ2n) is 1.93. The number of hydrogen-bond acceptors (Lipinski definition) is 2. The maximum Gasteiger partial charge on any atom is 1.00 e. The van der Waals surface area contributed by atoms with E-state index in [4.69, 9.17) is 21.6 Å². The molecule has 5 heteroatoms. The molecule has 0 atom stereocenters. The largest absolute Gasteiger partial charge is 1.00 e. The molecule has 54 valence electrons. The summed E-state index contributed by atoms with van der Waals surface area (Å²) in [5.41, 5.74) is 0.449. The molecular weight excluding hydrogens is 189 g/mol. The minimum Gasteiger partial charge on any atom is -1.00 e.